The van der Waals surface area contributed by atoms with Crippen molar-refractivity contribution in [2.24, 2.45) is 0 Å². The highest BCUT2D eigenvalue weighted by atomic mass is 31.2. The van der Waals surface area contributed by atoms with E-state index in [4.69, 9.17) is 13.6 Å². The Hall–Kier alpha value is -0.0100. The molecule has 0 aliphatic rings. The van der Waals surface area contributed by atoms with Gasteiger partial charge in [0.25, 0.3) is 0 Å². The zero-order chi connectivity index (χ0) is 36.3. The molecule has 0 aromatic carbocycles. The monoisotopic (exact) mass is 732 g/mol. The molecule has 0 aromatic heterocycles. The van der Waals surface area contributed by atoms with Crippen molar-refractivity contribution in [1.29, 1.82) is 0 Å². The summed E-state index contributed by atoms with van der Waals surface area (Å²) in [5.74, 6) is 0. The first-order valence-corrected chi connectivity index (χ1v) is 23.8. The SMILES string of the molecule is CCCCCCCCCCCCNCCOP(=O)(OCCNCCCCCCCCCCCC)OCCNCCCCCCCCCCCC. The van der Waals surface area contributed by atoms with Gasteiger partial charge in [0.2, 0.25) is 0 Å². The van der Waals surface area contributed by atoms with Gasteiger partial charge in [-0.3, -0.25) is 13.6 Å². The van der Waals surface area contributed by atoms with Crippen LogP contribution >= 0.6 is 7.82 Å². The van der Waals surface area contributed by atoms with E-state index in [1.54, 1.807) is 0 Å². The lowest BCUT2D eigenvalue weighted by molar-refractivity contribution is 0.114. The molecule has 0 saturated heterocycles. The summed E-state index contributed by atoms with van der Waals surface area (Å²) in [4.78, 5) is 0. The highest BCUT2D eigenvalue weighted by Gasteiger charge is 2.26. The fourth-order valence-electron chi connectivity index (χ4n) is 6.39. The van der Waals surface area contributed by atoms with Crippen LogP contribution in [-0.4, -0.2) is 59.1 Å². The molecule has 7 nitrogen and oxygen atoms in total. The number of phosphoric acid groups is 1. The van der Waals surface area contributed by atoms with Crippen LogP contribution in [0.1, 0.15) is 213 Å². The van der Waals surface area contributed by atoms with Gasteiger partial charge >= 0.3 is 7.82 Å². The van der Waals surface area contributed by atoms with Gasteiger partial charge in [-0.25, -0.2) is 4.57 Å². The summed E-state index contributed by atoms with van der Waals surface area (Å²) >= 11 is 0. The summed E-state index contributed by atoms with van der Waals surface area (Å²) < 4.78 is 30.7. The van der Waals surface area contributed by atoms with Gasteiger partial charge in [0.15, 0.2) is 0 Å². The van der Waals surface area contributed by atoms with Gasteiger partial charge in [-0.1, -0.05) is 194 Å². The average Bonchev–Trinajstić information content (AvgIpc) is 3.12. The molecule has 0 atom stereocenters. The third-order valence-corrected chi connectivity index (χ3v) is 11.2. The molecule has 3 N–H and O–H groups in total. The van der Waals surface area contributed by atoms with Crippen LogP contribution in [0.2, 0.25) is 0 Å². The van der Waals surface area contributed by atoms with E-state index in [0.29, 0.717) is 39.5 Å². The summed E-state index contributed by atoms with van der Waals surface area (Å²) in [7, 11) is -3.59. The minimum Gasteiger partial charge on any atom is -0.314 e. The zero-order valence-corrected chi connectivity index (χ0v) is 35.1. The van der Waals surface area contributed by atoms with Crippen molar-refractivity contribution < 1.29 is 18.1 Å². The molecule has 0 aliphatic carbocycles. The summed E-state index contributed by atoms with van der Waals surface area (Å²) in [6.45, 7) is 12.7. The Morgan fingerprint density at radius 1 is 0.300 bits per heavy atom. The van der Waals surface area contributed by atoms with Crippen LogP contribution in [0.5, 0.6) is 0 Å². The van der Waals surface area contributed by atoms with E-state index < -0.39 is 7.82 Å². The Balaban J connectivity index is 4.08. The molecular formula is C42H90N3O4P. The second-order valence-electron chi connectivity index (χ2n) is 14.7. The number of rotatable bonds is 45. The number of nitrogens with one attached hydrogen (secondary N) is 3. The normalized spacial score (nSPS) is 12.0. The third kappa shape index (κ3) is 40.8. The van der Waals surface area contributed by atoms with Gasteiger partial charge in [-0.05, 0) is 38.9 Å². The fraction of sp³-hybridized carbons (Fsp3) is 1.00. The summed E-state index contributed by atoms with van der Waals surface area (Å²) in [6.07, 6.45) is 40.2. The van der Waals surface area contributed by atoms with Gasteiger partial charge < -0.3 is 16.0 Å². The first-order valence-electron chi connectivity index (χ1n) is 22.3. The second-order valence-corrected chi connectivity index (χ2v) is 16.4. The molecule has 0 amide bonds. The number of hydrogen-bond acceptors (Lipinski definition) is 7. The van der Waals surface area contributed by atoms with E-state index in [-0.39, 0.29) is 0 Å². The lowest BCUT2D eigenvalue weighted by Gasteiger charge is -2.19. The molecule has 0 unspecified atom stereocenters. The zero-order valence-electron chi connectivity index (χ0n) is 34.2. The predicted octanol–water partition coefficient (Wildman–Crippen LogP) is 12.7. The third-order valence-electron chi connectivity index (χ3n) is 9.71. The summed E-state index contributed by atoms with van der Waals surface area (Å²) in [5, 5.41) is 10.3. The fourth-order valence-corrected chi connectivity index (χ4v) is 7.56. The lowest BCUT2D eigenvalue weighted by Crippen LogP contribution is -2.24. The Labute approximate surface area is 313 Å². The Morgan fingerprint density at radius 2 is 0.500 bits per heavy atom. The smallest absolute Gasteiger partial charge is 0.314 e. The molecule has 302 valence electrons. The van der Waals surface area contributed by atoms with Gasteiger partial charge in [0.05, 0.1) is 19.8 Å². The summed E-state index contributed by atoms with van der Waals surface area (Å²) in [6, 6.07) is 0. The van der Waals surface area contributed by atoms with Crippen LogP contribution in [0.25, 0.3) is 0 Å². The molecule has 0 aromatic rings. The van der Waals surface area contributed by atoms with Crippen molar-refractivity contribution in [3.05, 3.63) is 0 Å². The van der Waals surface area contributed by atoms with Gasteiger partial charge in [-0.2, -0.15) is 0 Å². The van der Waals surface area contributed by atoms with E-state index in [9.17, 15) is 4.57 Å². The standard InChI is InChI=1S/C42H90N3O4P/c1-4-7-10-13-16-19-22-25-28-31-34-43-37-40-47-50(46,48-41-38-44-35-32-29-26-23-20-17-14-11-8-5-2)49-42-39-45-36-33-30-27-24-21-18-15-12-9-6-3/h43-45H,4-42H2,1-3H3. The van der Waals surface area contributed by atoms with E-state index in [0.717, 1.165) is 19.6 Å². The molecular weight excluding hydrogens is 641 g/mol. The van der Waals surface area contributed by atoms with Crippen molar-refractivity contribution in [1.82, 2.24) is 16.0 Å². The van der Waals surface area contributed by atoms with Gasteiger partial charge in [-0.15, -0.1) is 0 Å². The van der Waals surface area contributed by atoms with E-state index in [1.165, 1.54) is 193 Å². The molecule has 0 fully saturated rings. The van der Waals surface area contributed by atoms with Crippen LogP contribution < -0.4 is 16.0 Å². The van der Waals surface area contributed by atoms with E-state index in [1.807, 2.05) is 0 Å². The molecule has 0 aliphatic heterocycles. The molecule has 0 bridgehead atoms. The maximum absolute atomic E-state index is 13.4. The first kappa shape index (κ1) is 50.0. The number of phosphoric ester groups is 1. The second kappa shape index (κ2) is 43.4. The molecule has 0 heterocycles. The largest absolute Gasteiger partial charge is 0.474 e. The molecule has 0 spiro atoms. The average molecular weight is 732 g/mol. The molecule has 0 saturated carbocycles. The minimum atomic E-state index is -3.59. The number of unbranched alkanes of at least 4 members (excludes halogenated alkanes) is 27. The molecule has 50 heavy (non-hydrogen) atoms. The Morgan fingerprint density at radius 3 is 0.720 bits per heavy atom. The van der Waals surface area contributed by atoms with Gasteiger partial charge in [0, 0.05) is 19.6 Å². The van der Waals surface area contributed by atoms with Crippen LogP contribution in [0.15, 0.2) is 0 Å². The van der Waals surface area contributed by atoms with Crippen molar-refractivity contribution >= 4 is 7.82 Å². The van der Waals surface area contributed by atoms with Gasteiger partial charge in [0.1, 0.15) is 0 Å². The number of hydrogen-bond donors (Lipinski definition) is 3. The topological polar surface area (TPSA) is 80.9 Å². The van der Waals surface area contributed by atoms with E-state index in [2.05, 4.69) is 36.7 Å². The van der Waals surface area contributed by atoms with Crippen LogP contribution in [0.3, 0.4) is 0 Å². The van der Waals surface area contributed by atoms with Crippen molar-refractivity contribution in [3.63, 3.8) is 0 Å². The minimum absolute atomic E-state index is 0.326. The van der Waals surface area contributed by atoms with Crippen molar-refractivity contribution in [2.45, 2.75) is 213 Å². The molecule has 0 radical (unpaired) electrons. The maximum atomic E-state index is 13.4. The lowest BCUT2D eigenvalue weighted by atomic mass is 10.1. The predicted molar refractivity (Wildman–Crippen MR) is 220 cm³/mol. The van der Waals surface area contributed by atoms with Crippen LogP contribution in [0, 0.1) is 0 Å². The highest BCUT2D eigenvalue weighted by molar-refractivity contribution is 7.48. The van der Waals surface area contributed by atoms with Crippen molar-refractivity contribution in [2.75, 3.05) is 59.1 Å². The van der Waals surface area contributed by atoms with Crippen LogP contribution in [-0.2, 0) is 18.1 Å². The Bertz CT molecular complexity index is 587. The summed E-state index contributed by atoms with van der Waals surface area (Å²) in [5.41, 5.74) is 0. The molecule has 8 heteroatoms. The van der Waals surface area contributed by atoms with E-state index >= 15 is 0 Å². The van der Waals surface area contributed by atoms with Crippen molar-refractivity contribution in [3.8, 4) is 0 Å². The highest BCUT2D eigenvalue weighted by Crippen LogP contribution is 2.48. The quantitative estimate of drug-likeness (QED) is 0.0425. The first-order chi connectivity index (χ1) is 24.7. The molecule has 0 rings (SSSR count). The maximum Gasteiger partial charge on any atom is 0.474 e. The Kier molecular flexibility index (Phi) is 43.4. The van der Waals surface area contributed by atoms with Crippen LogP contribution in [0.4, 0.5) is 0 Å².